The van der Waals surface area contributed by atoms with E-state index in [4.69, 9.17) is 4.74 Å². The molecule has 1 N–H and O–H groups in total. The third-order valence-corrected chi connectivity index (χ3v) is 4.14. The van der Waals surface area contributed by atoms with Crippen LogP contribution in [-0.4, -0.2) is 37.5 Å². The molecule has 0 unspecified atom stereocenters. The second kappa shape index (κ2) is 7.21. The number of aromatic nitrogens is 4. The quantitative estimate of drug-likeness (QED) is 0.924. The van der Waals surface area contributed by atoms with Crippen molar-refractivity contribution in [1.29, 1.82) is 0 Å². The van der Waals surface area contributed by atoms with Gasteiger partial charge in [-0.1, -0.05) is 6.07 Å². The minimum Gasteiger partial charge on any atom is -0.444 e. The summed E-state index contributed by atoms with van der Waals surface area (Å²) in [7, 11) is 0. The number of hydrogen-bond acceptors (Lipinski definition) is 5. The number of amides is 1. The molecule has 0 spiro atoms. The van der Waals surface area contributed by atoms with E-state index in [0.717, 1.165) is 31.4 Å². The second-order valence-electron chi connectivity index (χ2n) is 7.43. The zero-order valence-electron chi connectivity index (χ0n) is 15.0. The Kier molecular flexibility index (Phi) is 5.01. The predicted molar refractivity (Wildman–Crippen MR) is 93.9 cm³/mol. The third-order valence-electron chi connectivity index (χ3n) is 4.14. The Labute approximate surface area is 147 Å². The van der Waals surface area contributed by atoms with Crippen molar-refractivity contribution in [3.63, 3.8) is 0 Å². The maximum absolute atomic E-state index is 12.0. The first-order valence-electron chi connectivity index (χ1n) is 8.73. The molecule has 25 heavy (non-hydrogen) atoms. The Hall–Kier alpha value is -2.44. The lowest BCUT2D eigenvalue weighted by molar-refractivity contribution is 0.0485. The predicted octanol–water partition coefficient (Wildman–Crippen LogP) is 3.35. The number of ether oxygens (including phenoxy) is 1. The Bertz CT molecular complexity index is 708. The maximum atomic E-state index is 12.0. The number of nitrogens with zero attached hydrogens (tertiary/aromatic N) is 4. The fraction of sp³-hybridized carbons (Fsp3) is 0.556. The van der Waals surface area contributed by atoms with E-state index in [2.05, 4.69) is 20.4 Å². The molecule has 7 nitrogen and oxygen atoms in total. The van der Waals surface area contributed by atoms with Crippen molar-refractivity contribution >= 4 is 6.09 Å². The van der Waals surface area contributed by atoms with Gasteiger partial charge in [-0.05, 0) is 58.6 Å². The van der Waals surface area contributed by atoms with E-state index in [-0.39, 0.29) is 18.2 Å². The minimum atomic E-state index is -0.484. The molecular weight excluding hydrogens is 318 g/mol. The van der Waals surface area contributed by atoms with Gasteiger partial charge in [0.1, 0.15) is 17.6 Å². The van der Waals surface area contributed by atoms with E-state index in [1.807, 2.05) is 43.7 Å². The highest BCUT2D eigenvalue weighted by Gasteiger charge is 2.27. The Morgan fingerprint density at radius 3 is 2.84 bits per heavy atom. The zero-order chi connectivity index (χ0) is 17.9. The Balaban J connectivity index is 1.62. The second-order valence-corrected chi connectivity index (χ2v) is 7.43. The summed E-state index contributed by atoms with van der Waals surface area (Å²) in [5, 5.41) is 7.55. The molecule has 0 radical (unpaired) electrons. The molecular formula is C18H25N5O2. The molecule has 0 bridgehead atoms. The minimum absolute atomic E-state index is 0.0936. The highest BCUT2D eigenvalue weighted by Crippen LogP contribution is 2.28. The summed E-state index contributed by atoms with van der Waals surface area (Å²) in [6.07, 6.45) is 6.97. The van der Waals surface area contributed by atoms with Gasteiger partial charge >= 0.3 is 6.09 Å². The molecule has 2 heterocycles. The largest absolute Gasteiger partial charge is 0.444 e. The van der Waals surface area contributed by atoms with Crippen LogP contribution in [0.2, 0.25) is 0 Å². The van der Waals surface area contributed by atoms with Gasteiger partial charge in [-0.15, -0.1) is 5.10 Å². The van der Waals surface area contributed by atoms with Gasteiger partial charge in [0.25, 0.3) is 0 Å². The lowest BCUT2D eigenvalue weighted by Gasteiger charge is -2.30. The molecule has 2 atom stereocenters. The smallest absolute Gasteiger partial charge is 0.407 e. The molecule has 0 aromatic carbocycles. The van der Waals surface area contributed by atoms with Crippen LogP contribution in [0.4, 0.5) is 4.79 Å². The number of hydrogen-bond donors (Lipinski definition) is 1. The third kappa shape index (κ3) is 4.78. The van der Waals surface area contributed by atoms with Crippen LogP contribution < -0.4 is 5.32 Å². The van der Waals surface area contributed by atoms with Gasteiger partial charge in [0.2, 0.25) is 0 Å². The fourth-order valence-corrected chi connectivity index (χ4v) is 3.07. The van der Waals surface area contributed by atoms with Crippen LogP contribution in [0, 0.1) is 0 Å². The number of carbonyl (C=O) groups is 1. The van der Waals surface area contributed by atoms with Gasteiger partial charge in [-0.2, -0.15) is 0 Å². The molecule has 2 aromatic rings. The van der Waals surface area contributed by atoms with Gasteiger partial charge in [-0.25, -0.2) is 14.5 Å². The number of carbonyl (C=O) groups excluding carboxylic acids is 1. The van der Waals surface area contributed by atoms with Gasteiger partial charge < -0.3 is 10.1 Å². The Morgan fingerprint density at radius 2 is 2.12 bits per heavy atom. The molecule has 1 saturated carbocycles. The van der Waals surface area contributed by atoms with Crippen LogP contribution in [0.1, 0.15) is 52.5 Å². The average molecular weight is 343 g/mol. The summed E-state index contributed by atoms with van der Waals surface area (Å²) in [6.45, 7) is 5.60. The molecule has 0 saturated heterocycles. The highest BCUT2D eigenvalue weighted by molar-refractivity contribution is 5.68. The molecule has 3 rings (SSSR count). The summed E-state index contributed by atoms with van der Waals surface area (Å²) < 4.78 is 7.25. The van der Waals surface area contributed by atoms with Crippen LogP contribution in [0.15, 0.2) is 30.7 Å². The van der Waals surface area contributed by atoms with Crippen molar-refractivity contribution in [3.05, 3.63) is 30.7 Å². The highest BCUT2D eigenvalue weighted by atomic mass is 16.6. The van der Waals surface area contributed by atoms with Crippen molar-refractivity contribution in [2.24, 2.45) is 0 Å². The standard InChI is InChI=1S/C18H25N5O2/c1-18(2,3)25-17(24)21-13-7-6-8-14(11-13)23-12-20-16(22-23)15-9-4-5-10-19-15/h4-5,9-10,12-14H,6-8,11H2,1-3H3,(H,21,24)/t13-,14+/m1/s1. The lowest BCUT2D eigenvalue weighted by atomic mass is 9.91. The topological polar surface area (TPSA) is 81.9 Å². The number of alkyl carbamates (subject to hydrolysis) is 1. The van der Waals surface area contributed by atoms with E-state index >= 15 is 0 Å². The van der Waals surface area contributed by atoms with Gasteiger partial charge in [0.05, 0.1) is 6.04 Å². The normalized spacial score (nSPS) is 20.9. The Morgan fingerprint density at radius 1 is 1.28 bits per heavy atom. The molecule has 1 amide bonds. The summed E-state index contributed by atoms with van der Waals surface area (Å²) in [5.74, 6) is 0.628. The van der Waals surface area contributed by atoms with E-state index in [1.165, 1.54) is 0 Å². The first kappa shape index (κ1) is 17.4. The van der Waals surface area contributed by atoms with Crippen molar-refractivity contribution in [2.45, 2.75) is 64.1 Å². The molecule has 134 valence electrons. The van der Waals surface area contributed by atoms with Crippen molar-refractivity contribution in [3.8, 4) is 11.5 Å². The number of nitrogens with one attached hydrogen (secondary N) is 1. The summed E-state index contributed by atoms with van der Waals surface area (Å²) in [4.78, 5) is 20.6. The first-order chi connectivity index (χ1) is 11.9. The SMILES string of the molecule is CC(C)(C)OC(=O)N[C@@H]1CCC[C@H](n2cnc(-c3ccccn3)n2)C1. The molecule has 2 aromatic heterocycles. The van der Waals surface area contributed by atoms with Crippen molar-refractivity contribution in [1.82, 2.24) is 25.1 Å². The van der Waals surface area contributed by atoms with Gasteiger partial charge in [-0.3, -0.25) is 4.98 Å². The monoisotopic (exact) mass is 343 g/mol. The van der Waals surface area contributed by atoms with Gasteiger partial charge in [0.15, 0.2) is 5.82 Å². The zero-order valence-corrected chi connectivity index (χ0v) is 15.0. The van der Waals surface area contributed by atoms with E-state index < -0.39 is 5.60 Å². The molecule has 1 aliphatic rings. The van der Waals surface area contributed by atoms with Crippen LogP contribution in [-0.2, 0) is 4.74 Å². The van der Waals surface area contributed by atoms with Gasteiger partial charge in [0, 0.05) is 12.2 Å². The van der Waals surface area contributed by atoms with E-state index in [9.17, 15) is 4.79 Å². The number of rotatable bonds is 3. The maximum Gasteiger partial charge on any atom is 0.407 e. The van der Waals surface area contributed by atoms with E-state index in [1.54, 1.807) is 12.5 Å². The van der Waals surface area contributed by atoms with Crippen molar-refractivity contribution in [2.75, 3.05) is 0 Å². The molecule has 1 fully saturated rings. The van der Waals surface area contributed by atoms with Crippen LogP contribution >= 0.6 is 0 Å². The van der Waals surface area contributed by atoms with Crippen LogP contribution in [0.5, 0.6) is 0 Å². The first-order valence-corrected chi connectivity index (χ1v) is 8.73. The lowest BCUT2D eigenvalue weighted by Crippen LogP contribution is -2.41. The summed E-state index contributed by atoms with van der Waals surface area (Å²) >= 11 is 0. The van der Waals surface area contributed by atoms with E-state index in [0.29, 0.717) is 5.82 Å². The molecule has 0 aliphatic heterocycles. The number of pyridine rings is 1. The summed E-state index contributed by atoms with van der Waals surface area (Å²) in [6, 6.07) is 6.00. The van der Waals surface area contributed by atoms with Crippen LogP contribution in [0.25, 0.3) is 11.5 Å². The molecule has 7 heteroatoms. The van der Waals surface area contributed by atoms with Crippen LogP contribution in [0.3, 0.4) is 0 Å². The average Bonchev–Trinajstić information content (AvgIpc) is 3.04. The summed E-state index contributed by atoms with van der Waals surface area (Å²) in [5.41, 5.74) is 0.280. The van der Waals surface area contributed by atoms with Crippen molar-refractivity contribution < 1.29 is 9.53 Å². The fourth-order valence-electron chi connectivity index (χ4n) is 3.07. The molecule has 1 aliphatic carbocycles.